The van der Waals surface area contributed by atoms with Crippen molar-refractivity contribution in [2.75, 3.05) is 11.3 Å². The SMILES string of the molecule is C=Cc1c(NS(=O)(=O)c2ccccc2OCC)cc(Cl)c(C)c1C=C. The molecule has 4 nitrogen and oxygen atoms in total. The summed E-state index contributed by atoms with van der Waals surface area (Å²) in [5, 5.41) is 0.441. The highest BCUT2D eigenvalue weighted by molar-refractivity contribution is 7.92. The second kappa shape index (κ2) is 7.76. The first-order valence-electron chi connectivity index (χ1n) is 7.68. The lowest BCUT2D eigenvalue weighted by Gasteiger charge is -2.17. The average molecular weight is 378 g/mol. The topological polar surface area (TPSA) is 55.4 Å². The van der Waals surface area contributed by atoms with Crippen LogP contribution in [0.25, 0.3) is 12.2 Å². The van der Waals surface area contributed by atoms with Crippen LogP contribution < -0.4 is 9.46 Å². The van der Waals surface area contributed by atoms with Gasteiger partial charge in [-0.15, -0.1) is 0 Å². The largest absolute Gasteiger partial charge is 0.492 e. The Morgan fingerprint density at radius 1 is 1.20 bits per heavy atom. The van der Waals surface area contributed by atoms with Crippen LogP contribution in [0, 0.1) is 6.92 Å². The molecule has 0 saturated carbocycles. The summed E-state index contributed by atoms with van der Waals surface area (Å²) in [7, 11) is -3.87. The fourth-order valence-electron chi connectivity index (χ4n) is 2.50. The van der Waals surface area contributed by atoms with Gasteiger partial charge in [-0.2, -0.15) is 0 Å². The van der Waals surface area contributed by atoms with E-state index in [0.717, 1.165) is 11.1 Å². The molecule has 2 rings (SSSR count). The molecule has 0 radical (unpaired) electrons. The molecule has 2 aromatic rings. The van der Waals surface area contributed by atoms with Gasteiger partial charge in [-0.25, -0.2) is 8.42 Å². The number of anilines is 1. The Kier molecular flexibility index (Phi) is 5.93. The smallest absolute Gasteiger partial charge is 0.265 e. The lowest BCUT2D eigenvalue weighted by molar-refractivity contribution is 0.331. The zero-order chi connectivity index (χ0) is 18.6. The summed E-state index contributed by atoms with van der Waals surface area (Å²) < 4.78 is 33.7. The van der Waals surface area contributed by atoms with Crippen LogP contribution in [0.1, 0.15) is 23.6 Å². The standard InChI is InChI=1S/C19H20ClNO3S/c1-5-14-13(4)16(20)12-17(15(14)6-2)21-25(22,23)19-11-9-8-10-18(19)24-7-3/h5-6,8-12,21H,1-2,7H2,3-4H3. The molecular weight excluding hydrogens is 358 g/mol. The molecule has 0 saturated heterocycles. The van der Waals surface area contributed by atoms with E-state index in [1.165, 1.54) is 6.07 Å². The third-order valence-electron chi connectivity index (χ3n) is 3.70. The summed E-state index contributed by atoms with van der Waals surface area (Å²) in [4.78, 5) is 0.0590. The van der Waals surface area contributed by atoms with Gasteiger partial charge in [0.2, 0.25) is 0 Å². The summed E-state index contributed by atoms with van der Waals surface area (Å²) >= 11 is 6.24. The minimum atomic E-state index is -3.87. The van der Waals surface area contributed by atoms with E-state index in [4.69, 9.17) is 16.3 Å². The maximum atomic E-state index is 12.9. The number of ether oxygens (including phenoxy) is 1. The number of hydrogen-bond donors (Lipinski definition) is 1. The van der Waals surface area contributed by atoms with Gasteiger partial charge in [0, 0.05) is 10.6 Å². The number of nitrogens with one attached hydrogen (secondary N) is 1. The van der Waals surface area contributed by atoms with E-state index in [2.05, 4.69) is 17.9 Å². The van der Waals surface area contributed by atoms with Crippen LogP contribution in [-0.2, 0) is 10.0 Å². The van der Waals surface area contributed by atoms with Gasteiger partial charge >= 0.3 is 0 Å². The zero-order valence-electron chi connectivity index (χ0n) is 14.2. The highest BCUT2D eigenvalue weighted by Gasteiger charge is 2.22. The van der Waals surface area contributed by atoms with Gasteiger partial charge < -0.3 is 4.74 Å². The van der Waals surface area contributed by atoms with Crippen LogP contribution in [0.5, 0.6) is 5.75 Å². The third kappa shape index (κ3) is 3.89. The Morgan fingerprint density at radius 3 is 2.44 bits per heavy atom. The summed E-state index contributed by atoms with van der Waals surface area (Å²) in [6, 6.07) is 8.04. The van der Waals surface area contributed by atoms with E-state index in [1.54, 1.807) is 43.3 Å². The van der Waals surface area contributed by atoms with Gasteiger partial charge in [0.05, 0.1) is 12.3 Å². The molecule has 0 aliphatic rings. The first-order valence-corrected chi connectivity index (χ1v) is 9.54. The lowest BCUT2D eigenvalue weighted by atomic mass is 10.00. The Hall–Kier alpha value is -2.24. The highest BCUT2D eigenvalue weighted by atomic mass is 35.5. The van der Waals surface area contributed by atoms with Crippen LogP contribution in [0.15, 0.2) is 48.4 Å². The lowest BCUT2D eigenvalue weighted by Crippen LogP contribution is -2.15. The average Bonchev–Trinajstić information content (AvgIpc) is 2.58. The molecule has 0 aromatic heterocycles. The maximum Gasteiger partial charge on any atom is 0.265 e. The summed E-state index contributed by atoms with van der Waals surface area (Å²) in [5.74, 6) is 0.291. The van der Waals surface area contributed by atoms with Crippen molar-refractivity contribution in [3.63, 3.8) is 0 Å². The number of hydrogen-bond acceptors (Lipinski definition) is 3. The van der Waals surface area contributed by atoms with Crippen LogP contribution >= 0.6 is 11.6 Å². The van der Waals surface area contributed by atoms with Gasteiger partial charge in [0.25, 0.3) is 10.0 Å². The molecule has 0 fully saturated rings. The Bertz CT molecular complexity index is 921. The number of rotatable bonds is 7. The monoisotopic (exact) mass is 377 g/mol. The molecule has 1 N–H and O–H groups in total. The highest BCUT2D eigenvalue weighted by Crippen LogP contribution is 2.34. The van der Waals surface area contributed by atoms with Crippen molar-refractivity contribution >= 4 is 39.5 Å². The molecule has 0 atom stereocenters. The minimum absolute atomic E-state index is 0.0590. The number of sulfonamides is 1. The Morgan fingerprint density at radius 2 is 1.84 bits per heavy atom. The maximum absolute atomic E-state index is 12.9. The number of halogens is 1. The van der Waals surface area contributed by atoms with Crippen molar-refractivity contribution in [1.82, 2.24) is 0 Å². The first kappa shape index (κ1) is 19.1. The molecule has 0 heterocycles. The predicted molar refractivity (Wildman–Crippen MR) is 105 cm³/mol. The molecule has 2 aromatic carbocycles. The summed E-state index contributed by atoms with van der Waals surface area (Å²) in [5.41, 5.74) is 2.50. The molecular formula is C19H20ClNO3S. The normalized spacial score (nSPS) is 11.0. The molecule has 6 heteroatoms. The van der Waals surface area contributed by atoms with Crippen LogP contribution in [0.2, 0.25) is 5.02 Å². The summed E-state index contributed by atoms with van der Waals surface area (Å²) in [6.45, 7) is 11.5. The summed E-state index contributed by atoms with van der Waals surface area (Å²) in [6.07, 6.45) is 3.21. The molecule has 0 amide bonds. The predicted octanol–water partition coefficient (Wildman–Crippen LogP) is 5.13. The zero-order valence-corrected chi connectivity index (χ0v) is 15.7. The van der Waals surface area contributed by atoms with Gasteiger partial charge in [0.15, 0.2) is 0 Å². The van der Waals surface area contributed by atoms with E-state index in [9.17, 15) is 8.42 Å². The number of benzene rings is 2. The van der Waals surface area contributed by atoms with E-state index in [0.29, 0.717) is 28.6 Å². The van der Waals surface area contributed by atoms with Crippen LogP contribution in [-0.4, -0.2) is 15.0 Å². The van der Waals surface area contributed by atoms with Gasteiger partial charge in [-0.05, 0) is 43.2 Å². The van der Waals surface area contributed by atoms with Crippen LogP contribution in [0.4, 0.5) is 5.69 Å². The molecule has 0 bridgehead atoms. The van der Waals surface area contributed by atoms with Crippen molar-refractivity contribution in [2.24, 2.45) is 0 Å². The van der Waals surface area contributed by atoms with Gasteiger partial charge in [0.1, 0.15) is 10.6 Å². The van der Waals surface area contributed by atoms with Crippen LogP contribution in [0.3, 0.4) is 0 Å². The molecule has 25 heavy (non-hydrogen) atoms. The van der Waals surface area contributed by atoms with Gasteiger partial charge in [-0.1, -0.05) is 49.0 Å². The molecule has 0 unspecified atom stereocenters. The molecule has 132 valence electrons. The fourth-order valence-corrected chi connectivity index (χ4v) is 3.93. The van der Waals surface area contributed by atoms with Crippen molar-refractivity contribution in [3.05, 3.63) is 65.2 Å². The van der Waals surface area contributed by atoms with Crippen molar-refractivity contribution < 1.29 is 13.2 Å². The number of para-hydroxylation sites is 1. The first-order chi connectivity index (χ1) is 11.9. The van der Waals surface area contributed by atoms with E-state index >= 15 is 0 Å². The molecule has 0 aliphatic heterocycles. The van der Waals surface area contributed by atoms with E-state index in [1.807, 2.05) is 6.92 Å². The second-order valence-electron chi connectivity index (χ2n) is 5.25. The van der Waals surface area contributed by atoms with Gasteiger partial charge in [-0.3, -0.25) is 4.72 Å². The van der Waals surface area contributed by atoms with E-state index in [-0.39, 0.29) is 4.90 Å². The second-order valence-corrected chi connectivity index (χ2v) is 7.31. The quantitative estimate of drug-likeness (QED) is 0.727. The van der Waals surface area contributed by atoms with E-state index < -0.39 is 10.0 Å². The fraction of sp³-hybridized carbons (Fsp3) is 0.158. The minimum Gasteiger partial charge on any atom is -0.492 e. The third-order valence-corrected chi connectivity index (χ3v) is 5.50. The molecule has 0 aliphatic carbocycles. The van der Waals surface area contributed by atoms with Crippen molar-refractivity contribution in [2.45, 2.75) is 18.7 Å². The van der Waals surface area contributed by atoms with Crippen molar-refractivity contribution in [1.29, 1.82) is 0 Å². The Labute approximate surface area is 153 Å². The Balaban J connectivity index is 2.58. The molecule has 0 spiro atoms. The van der Waals surface area contributed by atoms with Crippen molar-refractivity contribution in [3.8, 4) is 5.75 Å².